The number of hydrogen-bond donors (Lipinski definition) is 0. The number of esters is 1. The number of rotatable bonds is 6. The maximum Gasteiger partial charge on any atom is 0.339 e. The Balaban J connectivity index is 2.58. The van der Waals surface area contributed by atoms with Crippen molar-refractivity contribution >= 4 is 26.6 Å². The highest BCUT2D eigenvalue weighted by Crippen LogP contribution is 2.05. The van der Waals surface area contributed by atoms with E-state index in [1.54, 1.807) is 6.07 Å². The zero-order valence-electron chi connectivity index (χ0n) is 10.7. The molecule has 0 aliphatic heterocycles. The van der Waals surface area contributed by atoms with Gasteiger partial charge in [0.05, 0.1) is 29.9 Å². The van der Waals surface area contributed by atoms with E-state index in [-0.39, 0.29) is 17.3 Å². The molecule has 1 heterocycles. The maximum absolute atomic E-state index is 11.6. The predicted octanol–water partition coefficient (Wildman–Crippen LogP) is 0.161. The normalized spacial score (nSPS) is 12.9. The van der Waals surface area contributed by atoms with Crippen LogP contribution in [0.15, 0.2) is 18.3 Å². The van der Waals surface area contributed by atoms with Gasteiger partial charge in [0.2, 0.25) is 0 Å². The summed E-state index contributed by atoms with van der Waals surface area (Å²) < 4.78 is 38.1. The Hall–Kier alpha value is -1.28. The highest BCUT2D eigenvalue weighted by molar-refractivity contribution is 7.92. The summed E-state index contributed by atoms with van der Waals surface area (Å²) >= 11 is 0. The lowest BCUT2D eigenvalue weighted by atomic mass is 10.2. The van der Waals surface area contributed by atoms with Gasteiger partial charge in [-0.2, -0.15) is 0 Å². The summed E-state index contributed by atoms with van der Waals surface area (Å²) in [7, 11) is -3.13. The molecule has 0 amide bonds. The number of hydrogen-bond acceptors (Lipinski definition) is 6. The number of methoxy groups -OCH3 is 1. The van der Waals surface area contributed by atoms with Gasteiger partial charge in [-0.3, -0.25) is 9.19 Å². The minimum Gasteiger partial charge on any atom is -0.465 e. The highest BCUT2D eigenvalue weighted by atomic mass is 32.2. The molecular weight excluding hydrogens is 290 g/mol. The largest absolute Gasteiger partial charge is 0.465 e. The molecule has 1 aromatic heterocycles. The van der Waals surface area contributed by atoms with Gasteiger partial charge in [-0.05, 0) is 12.1 Å². The molecule has 0 saturated carbocycles. The van der Waals surface area contributed by atoms with E-state index in [4.69, 9.17) is 0 Å². The third-order valence-corrected chi connectivity index (χ3v) is 4.72. The number of aromatic nitrogens is 1. The number of carbonyl (C=O) groups excluding carboxylic acids is 1. The van der Waals surface area contributed by atoms with Gasteiger partial charge >= 0.3 is 5.97 Å². The van der Waals surface area contributed by atoms with Gasteiger partial charge in [0.15, 0.2) is 0 Å². The van der Waals surface area contributed by atoms with Gasteiger partial charge < -0.3 is 4.74 Å². The first-order chi connectivity index (χ1) is 8.81. The smallest absolute Gasteiger partial charge is 0.339 e. The fourth-order valence-electron chi connectivity index (χ4n) is 1.23. The molecule has 0 fully saturated rings. The second-order valence-electron chi connectivity index (χ2n) is 3.95. The molecule has 1 rings (SSSR count). The molecule has 1 unspecified atom stereocenters. The molecular formula is C11H15NO5S2. The Morgan fingerprint density at radius 3 is 2.58 bits per heavy atom. The number of carbonyl (C=O) groups is 1. The monoisotopic (exact) mass is 305 g/mol. The van der Waals surface area contributed by atoms with E-state index in [2.05, 4.69) is 9.72 Å². The van der Waals surface area contributed by atoms with E-state index in [0.29, 0.717) is 11.3 Å². The first-order valence-electron chi connectivity index (χ1n) is 5.38. The van der Waals surface area contributed by atoms with E-state index < -0.39 is 26.6 Å². The third kappa shape index (κ3) is 5.93. The fraction of sp³-hybridized carbons (Fsp3) is 0.455. The van der Waals surface area contributed by atoms with Crippen LogP contribution in [0.25, 0.3) is 0 Å². The van der Waals surface area contributed by atoms with Crippen LogP contribution in [0.5, 0.6) is 0 Å². The summed E-state index contributed by atoms with van der Waals surface area (Å²) in [5, 5.41) is 0. The second kappa shape index (κ2) is 6.76. The van der Waals surface area contributed by atoms with Gasteiger partial charge in [-0.15, -0.1) is 0 Å². The summed E-state index contributed by atoms with van der Waals surface area (Å²) in [6, 6.07) is 3.10. The first-order valence-corrected chi connectivity index (χ1v) is 8.92. The molecule has 19 heavy (non-hydrogen) atoms. The standard InChI is InChI=1S/C11H15NO5S2/c1-17-11(13)9-3-4-10(12-7-9)8-18(14)5-6-19(2,15)16/h3-4,7H,5-6,8H2,1-2H3. The van der Waals surface area contributed by atoms with Gasteiger partial charge in [0.1, 0.15) is 9.84 Å². The SMILES string of the molecule is COC(=O)c1ccc(CS(=O)CCS(C)(=O)=O)nc1. The Bertz CT molecular complexity index is 565. The fourth-order valence-corrected chi connectivity index (χ4v) is 3.83. The summed E-state index contributed by atoms with van der Waals surface area (Å²) in [5.41, 5.74) is 0.854. The quantitative estimate of drug-likeness (QED) is 0.695. The molecule has 0 radical (unpaired) electrons. The molecule has 0 N–H and O–H groups in total. The molecule has 6 nitrogen and oxygen atoms in total. The summed E-state index contributed by atoms with van der Waals surface area (Å²) in [5.74, 6) is -0.354. The number of nitrogens with zero attached hydrogens (tertiary/aromatic N) is 1. The zero-order chi connectivity index (χ0) is 14.5. The van der Waals surface area contributed by atoms with Crippen molar-refractivity contribution in [2.24, 2.45) is 0 Å². The molecule has 1 aromatic rings. The molecule has 8 heteroatoms. The van der Waals surface area contributed by atoms with Crippen LogP contribution in [-0.4, -0.2) is 48.5 Å². The van der Waals surface area contributed by atoms with Gasteiger partial charge in [-0.25, -0.2) is 13.2 Å². The molecule has 0 aliphatic carbocycles. The van der Waals surface area contributed by atoms with Gasteiger partial charge in [-0.1, -0.05) is 0 Å². The van der Waals surface area contributed by atoms with Crippen molar-refractivity contribution in [3.8, 4) is 0 Å². The van der Waals surface area contributed by atoms with Crippen molar-refractivity contribution in [1.82, 2.24) is 4.98 Å². The zero-order valence-corrected chi connectivity index (χ0v) is 12.3. The van der Waals surface area contributed by atoms with Gasteiger partial charge in [0.25, 0.3) is 0 Å². The average Bonchev–Trinajstić information content (AvgIpc) is 2.35. The minimum atomic E-state index is -3.11. The van der Waals surface area contributed by atoms with Crippen LogP contribution in [0.4, 0.5) is 0 Å². The maximum atomic E-state index is 11.6. The lowest BCUT2D eigenvalue weighted by Gasteiger charge is -2.03. The van der Waals surface area contributed by atoms with Crippen molar-refractivity contribution in [2.75, 3.05) is 24.9 Å². The Labute approximate surface area is 114 Å². The minimum absolute atomic E-state index is 0.0826. The van der Waals surface area contributed by atoms with Crippen molar-refractivity contribution in [2.45, 2.75) is 5.75 Å². The first kappa shape index (κ1) is 15.8. The molecule has 0 spiro atoms. The van der Waals surface area contributed by atoms with Gasteiger partial charge in [0, 0.05) is 29.0 Å². The number of pyridine rings is 1. The van der Waals surface area contributed by atoms with Crippen LogP contribution in [0.1, 0.15) is 16.1 Å². The Morgan fingerprint density at radius 1 is 1.42 bits per heavy atom. The van der Waals surface area contributed by atoms with Crippen LogP contribution >= 0.6 is 0 Å². The summed E-state index contributed by atoms with van der Waals surface area (Å²) in [6.45, 7) is 0. The van der Waals surface area contributed by atoms with Crippen LogP contribution in [0.3, 0.4) is 0 Å². The Morgan fingerprint density at radius 2 is 2.11 bits per heavy atom. The topological polar surface area (TPSA) is 90.4 Å². The number of ether oxygens (including phenoxy) is 1. The van der Waals surface area contributed by atoms with Crippen molar-refractivity contribution < 1.29 is 22.2 Å². The van der Waals surface area contributed by atoms with E-state index in [1.165, 1.54) is 19.4 Å². The van der Waals surface area contributed by atoms with E-state index in [9.17, 15) is 17.4 Å². The molecule has 0 bridgehead atoms. The molecule has 0 aliphatic rings. The molecule has 106 valence electrons. The van der Waals surface area contributed by atoms with Crippen LogP contribution in [0, 0.1) is 0 Å². The third-order valence-electron chi connectivity index (χ3n) is 2.24. The van der Waals surface area contributed by atoms with Crippen LogP contribution in [-0.2, 0) is 31.1 Å². The highest BCUT2D eigenvalue weighted by Gasteiger charge is 2.10. The van der Waals surface area contributed by atoms with E-state index >= 15 is 0 Å². The molecule has 1 atom stereocenters. The summed E-state index contributed by atoms with van der Waals surface area (Å²) in [6.07, 6.45) is 2.45. The van der Waals surface area contributed by atoms with Crippen molar-refractivity contribution in [3.63, 3.8) is 0 Å². The second-order valence-corrected chi connectivity index (χ2v) is 7.78. The molecule has 0 aromatic carbocycles. The average molecular weight is 305 g/mol. The van der Waals surface area contributed by atoms with Crippen LogP contribution in [0.2, 0.25) is 0 Å². The van der Waals surface area contributed by atoms with Crippen LogP contribution < -0.4 is 0 Å². The Kier molecular flexibility index (Phi) is 5.61. The van der Waals surface area contributed by atoms with E-state index in [0.717, 1.165) is 6.26 Å². The van der Waals surface area contributed by atoms with E-state index in [1.807, 2.05) is 0 Å². The molecule has 0 saturated heterocycles. The van der Waals surface area contributed by atoms with Crippen molar-refractivity contribution in [1.29, 1.82) is 0 Å². The predicted molar refractivity (Wildman–Crippen MR) is 72.0 cm³/mol. The lowest BCUT2D eigenvalue weighted by Crippen LogP contribution is -2.13. The van der Waals surface area contributed by atoms with Crippen molar-refractivity contribution in [3.05, 3.63) is 29.6 Å². The summed E-state index contributed by atoms with van der Waals surface area (Å²) in [4.78, 5) is 15.2. The number of sulfone groups is 1. The lowest BCUT2D eigenvalue weighted by molar-refractivity contribution is 0.0600.